The molecule has 0 N–H and O–H groups in total. The van der Waals surface area contributed by atoms with Gasteiger partial charge < -0.3 is 0 Å². The largest absolute Gasteiger partial charge is 0.0722 e. The molecule has 0 heterocycles. The van der Waals surface area contributed by atoms with Gasteiger partial charge >= 0.3 is 0 Å². The molecule has 0 spiro atoms. The molecule has 0 aromatic rings. The number of hydrogen-bond donors (Lipinski definition) is 0. The molecule has 0 aromatic heterocycles. The molecule has 0 fully saturated rings. The summed E-state index contributed by atoms with van der Waals surface area (Å²) in [6.07, 6.45) is 11.6. The standard InChI is InChI=1S/2C8H20Si.Zn/c2*1-4-5-6-7-8-9(2)3;/h2*9H,4-8H2,1-3H3;. The Morgan fingerprint density at radius 2 is 0.842 bits per heavy atom. The molecule has 0 aliphatic carbocycles. The number of hydrogen-bond acceptors (Lipinski definition) is 0. The zero-order valence-electron chi connectivity index (χ0n) is 14.9. The van der Waals surface area contributed by atoms with E-state index in [9.17, 15) is 0 Å². The molecule has 0 aromatic carbocycles. The first-order valence-corrected chi connectivity index (χ1v) is 14.8. The summed E-state index contributed by atoms with van der Waals surface area (Å²) in [7, 11) is -0.426. The summed E-state index contributed by atoms with van der Waals surface area (Å²) in [6.45, 7) is 14.3. The third kappa shape index (κ3) is 32.5. The molecule has 19 heavy (non-hydrogen) atoms. The second kappa shape index (κ2) is 21.4. The molecule has 0 saturated heterocycles. The van der Waals surface area contributed by atoms with Gasteiger partial charge in [-0.15, -0.1) is 0 Å². The van der Waals surface area contributed by atoms with Crippen LogP contribution in [-0.2, 0) is 19.5 Å². The molecule has 0 amide bonds. The molecule has 0 aliphatic rings. The Kier molecular flexibility index (Phi) is 28.1. The van der Waals surface area contributed by atoms with E-state index in [0.29, 0.717) is 0 Å². The molecule has 0 bridgehead atoms. The third-order valence-electron chi connectivity index (χ3n) is 3.27. The van der Waals surface area contributed by atoms with Crippen molar-refractivity contribution in [3.05, 3.63) is 0 Å². The van der Waals surface area contributed by atoms with E-state index < -0.39 is 0 Å². The Morgan fingerprint density at radius 1 is 0.526 bits per heavy atom. The predicted molar refractivity (Wildman–Crippen MR) is 95.7 cm³/mol. The van der Waals surface area contributed by atoms with E-state index in [-0.39, 0.29) is 37.1 Å². The molecular formula is C16H40Si2Zn. The van der Waals surface area contributed by atoms with Crippen LogP contribution in [-0.4, -0.2) is 17.6 Å². The first-order valence-electron chi connectivity index (χ1n) is 8.54. The fraction of sp³-hybridized carbons (Fsp3) is 1.00. The van der Waals surface area contributed by atoms with E-state index in [0.717, 1.165) is 0 Å². The van der Waals surface area contributed by atoms with Crippen molar-refractivity contribution in [2.24, 2.45) is 0 Å². The van der Waals surface area contributed by atoms with Crippen LogP contribution in [0.1, 0.15) is 65.2 Å². The van der Waals surface area contributed by atoms with Gasteiger partial charge in [0.1, 0.15) is 0 Å². The number of rotatable bonds is 10. The minimum absolute atomic E-state index is 0. The van der Waals surface area contributed by atoms with E-state index >= 15 is 0 Å². The topological polar surface area (TPSA) is 0 Å². The molecule has 0 nitrogen and oxygen atoms in total. The van der Waals surface area contributed by atoms with Crippen LogP contribution in [0.2, 0.25) is 38.3 Å². The maximum Gasteiger partial charge on any atom is 0.0305 e. The van der Waals surface area contributed by atoms with Gasteiger partial charge in [-0.05, 0) is 0 Å². The van der Waals surface area contributed by atoms with Crippen LogP contribution in [0, 0.1) is 0 Å². The van der Waals surface area contributed by atoms with Gasteiger partial charge in [0.25, 0.3) is 0 Å². The monoisotopic (exact) mass is 352 g/mol. The van der Waals surface area contributed by atoms with Crippen molar-refractivity contribution in [3.63, 3.8) is 0 Å². The van der Waals surface area contributed by atoms with Crippen molar-refractivity contribution in [3.8, 4) is 0 Å². The maximum atomic E-state index is 2.44. The Bertz CT molecular complexity index is 123. The van der Waals surface area contributed by atoms with Crippen molar-refractivity contribution in [1.82, 2.24) is 0 Å². The second-order valence-electron chi connectivity index (χ2n) is 6.49. The molecular weight excluding hydrogens is 314 g/mol. The Morgan fingerprint density at radius 3 is 1.05 bits per heavy atom. The second-order valence-corrected chi connectivity index (χ2v) is 13.2. The van der Waals surface area contributed by atoms with Crippen LogP contribution in [0.4, 0.5) is 0 Å². The van der Waals surface area contributed by atoms with E-state index in [1.165, 1.54) is 51.4 Å². The molecule has 3 heteroatoms. The van der Waals surface area contributed by atoms with Gasteiger partial charge in [-0.25, -0.2) is 0 Å². The zero-order valence-corrected chi connectivity index (χ0v) is 20.2. The van der Waals surface area contributed by atoms with Gasteiger partial charge in [0, 0.05) is 37.1 Å². The van der Waals surface area contributed by atoms with E-state index in [1.807, 2.05) is 0 Å². The fourth-order valence-electron chi connectivity index (χ4n) is 1.96. The summed E-state index contributed by atoms with van der Waals surface area (Å²) in [5.74, 6) is 0. The van der Waals surface area contributed by atoms with Crippen LogP contribution in [0.3, 0.4) is 0 Å². The predicted octanol–water partition coefficient (Wildman–Crippen LogP) is 6.10. The van der Waals surface area contributed by atoms with E-state index in [4.69, 9.17) is 0 Å². The van der Waals surface area contributed by atoms with Crippen LogP contribution in [0.25, 0.3) is 0 Å². The summed E-state index contributed by atoms with van der Waals surface area (Å²) in [6, 6.07) is 3.11. The number of unbranched alkanes of at least 4 members (excludes halogenated alkanes) is 6. The van der Waals surface area contributed by atoms with E-state index in [1.54, 1.807) is 12.1 Å². The van der Waals surface area contributed by atoms with Crippen molar-refractivity contribution < 1.29 is 19.5 Å². The van der Waals surface area contributed by atoms with Crippen molar-refractivity contribution in [2.75, 3.05) is 0 Å². The minimum Gasteiger partial charge on any atom is -0.0722 e. The van der Waals surface area contributed by atoms with Crippen molar-refractivity contribution in [1.29, 1.82) is 0 Å². The van der Waals surface area contributed by atoms with Gasteiger partial charge in [0.15, 0.2) is 0 Å². The molecule has 0 radical (unpaired) electrons. The smallest absolute Gasteiger partial charge is 0.0305 e. The Balaban J connectivity index is -0.000000256. The molecule has 0 rings (SSSR count). The van der Waals surface area contributed by atoms with Gasteiger partial charge in [-0.2, -0.15) is 0 Å². The van der Waals surface area contributed by atoms with Crippen LogP contribution in [0.5, 0.6) is 0 Å². The molecule has 114 valence electrons. The first kappa shape index (κ1) is 25.0. The van der Waals surface area contributed by atoms with Gasteiger partial charge in [0.05, 0.1) is 0 Å². The zero-order chi connectivity index (χ0) is 14.2. The summed E-state index contributed by atoms with van der Waals surface area (Å²) >= 11 is 0. The third-order valence-corrected chi connectivity index (χ3v) is 6.40. The minimum atomic E-state index is -0.213. The summed E-state index contributed by atoms with van der Waals surface area (Å²) in [4.78, 5) is 0. The van der Waals surface area contributed by atoms with Crippen molar-refractivity contribution >= 4 is 17.6 Å². The maximum absolute atomic E-state index is 2.44. The summed E-state index contributed by atoms with van der Waals surface area (Å²) < 4.78 is 0. The average Bonchev–Trinajstić information content (AvgIpc) is 2.31. The molecule has 0 aliphatic heterocycles. The molecule has 0 atom stereocenters. The quantitative estimate of drug-likeness (QED) is 0.328. The SMILES string of the molecule is CCCCCC[SiH](C)C.CCCCCC[SiH](C)C.[Zn]. The van der Waals surface area contributed by atoms with Gasteiger partial charge in [0.2, 0.25) is 0 Å². The first-order chi connectivity index (χ1) is 8.54. The summed E-state index contributed by atoms with van der Waals surface area (Å²) in [5.41, 5.74) is 0. The van der Waals surface area contributed by atoms with Gasteiger partial charge in [-0.1, -0.05) is 103 Å². The van der Waals surface area contributed by atoms with Crippen LogP contribution >= 0.6 is 0 Å². The molecule has 0 saturated carbocycles. The fourth-order valence-corrected chi connectivity index (χ4v) is 4.17. The van der Waals surface area contributed by atoms with Crippen LogP contribution < -0.4 is 0 Å². The summed E-state index contributed by atoms with van der Waals surface area (Å²) in [5, 5.41) is 0. The van der Waals surface area contributed by atoms with Crippen LogP contribution in [0.15, 0.2) is 0 Å². The Labute approximate surface area is 140 Å². The average molecular weight is 354 g/mol. The van der Waals surface area contributed by atoms with Crippen molar-refractivity contribution in [2.45, 2.75) is 103 Å². The molecule has 0 unspecified atom stereocenters. The Hall–Kier alpha value is 1.06. The van der Waals surface area contributed by atoms with E-state index in [2.05, 4.69) is 40.0 Å². The van der Waals surface area contributed by atoms with Gasteiger partial charge in [-0.3, -0.25) is 0 Å². The normalized spacial score (nSPS) is 10.1.